The molecule has 1 atom stereocenters. The predicted octanol–water partition coefficient (Wildman–Crippen LogP) is 2.37. The Kier molecular flexibility index (Phi) is 3.76. The average Bonchev–Trinajstić information content (AvgIpc) is 2.72. The molecule has 0 bridgehead atoms. The lowest BCUT2D eigenvalue weighted by atomic mass is 9.90. The molecule has 5 nitrogen and oxygen atoms in total. The van der Waals surface area contributed by atoms with Crippen LogP contribution >= 0.6 is 22.6 Å². The summed E-state index contributed by atoms with van der Waals surface area (Å²) >= 11 is 2.09. The third-order valence-electron chi connectivity index (χ3n) is 3.53. The summed E-state index contributed by atoms with van der Waals surface area (Å²) in [4.78, 5) is 12.9. The maximum Gasteiger partial charge on any atom is 0.293 e. The van der Waals surface area contributed by atoms with Gasteiger partial charge in [0.25, 0.3) is 5.69 Å². The normalized spacial score (nSPS) is 23.4. The van der Waals surface area contributed by atoms with E-state index in [-0.39, 0.29) is 16.0 Å². The summed E-state index contributed by atoms with van der Waals surface area (Å²) in [7, 11) is 0. The van der Waals surface area contributed by atoms with Crippen LogP contribution in [0.1, 0.15) is 13.3 Å². The lowest BCUT2D eigenvalue weighted by molar-refractivity contribution is -0.384. The summed E-state index contributed by atoms with van der Waals surface area (Å²) in [5, 5.41) is 11.1. The molecule has 0 aliphatic carbocycles. The fraction of sp³-hybridized carbons (Fsp3) is 0.500. The van der Waals surface area contributed by atoms with Crippen LogP contribution in [0, 0.1) is 19.1 Å². The summed E-state index contributed by atoms with van der Waals surface area (Å²) in [6.07, 6.45) is 0.979. The number of nitrogens with zero attached hydrogens (tertiary/aromatic N) is 2. The molecule has 18 heavy (non-hydrogen) atoms. The van der Waals surface area contributed by atoms with E-state index >= 15 is 0 Å². The molecule has 98 valence electrons. The molecule has 1 aromatic carbocycles. The number of anilines is 1. The Morgan fingerprint density at radius 3 is 2.89 bits per heavy atom. The van der Waals surface area contributed by atoms with E-state index in [9.17, 15) is 10.1 Å². The minimum absolute atomic E-state index is 0.0663. The molecular weight excluding hydrogens is 345 g/mol. The monoisotopic (exact) mass is 361 g/mol. The van der Waals surface area contributed by atoms with Gasteiger partial charge in [0, 0.05) is 22.7 Å². The van der Waals surface area contributed by atoms with Crippen LogP contribution in [-0.4, -0.2) is 24.6 Å². The Hall–Kier alpha value is -0.890. The Balaban J connectivity index is 2.32. The second kappa shape index (κ2) is 5.00. The maximum atomic E-state index is 11.1. The van der Waals surface area contributed by atoms with Gasteiger partial charge in [0.05, 0.1) is 4.92 Å². The average molecular weight is 361 g/mol. The van der Waals surface area contributed by atoms with Gasteiger partial charge >= 0.3 is 0 Å². The van der Waals surface area contributed by atoms with Crippen LogP contribution in [-0.2, 0) is 0 Å². The molecule has 0 radical (unpaired) electrons. The first-order chi connectivity index (χ1) is 8.45. The molecule has 0 aromatic heterocycles. The highest BCUT2D eigenvalue weighted by molar-refractivity contribution is 14.1. The number of nitro benzene ring substituents is 1. The van der Waals surface area contributed by atoms with Gasteiger partial charge in [0.1, 0.15) is 5.69 Å². The van der Waals surface area contributed by atoms with E-state index in [1.807, 2.05) is 12.1 Å². The summed E-state index contributed by atoms with van der Waals surface area (Å²) in [6, 6.07) is 5.36. The Bertz CT molecular complexity index is 480. The van der Waals surface area contributed by atoms with Crippen molar-refractivity contribution in [2.75, 3.05) is 24.5 Å². The Morgan fingerprint density at radius 1 is 1.61 bits per heavy atom. The van der Waals surface area contributed by atoms with E-state index in [4.69, 9.17) is 5.73 Å². The van der Waals surface area contributed by atoms with Crippen molar-refractivity contribution < 1.29 is 4.92 Å². The molecule has 2 rings (SSSR count). The van der Waals surface area contributed by atoms with Crippen LogP contribution in [0.5, 0.6) is 0 Å². The first kappa shape index (κ1) is 13.5. The Morgan fingerprint density at radius 2 is 2.33 bits per heavy atom. The van der Waals surface area contributed by atoms with Crippen molar-refractivity contribution in [1.29, 1.82) is 0 Å². The Labute approximate surface area is 120 Å². The third kappa shape index (κ3) is 2.59. The number of hydrogen-bond acceptors (Lipinski definition) is 4. The van der Waals surface area contributed by atoms with Crippen molar-refractivity contribution in [2.24, 2.45) is 11.1 Å². The van der Waals surface area contributed by atoms with Crippen LogP contribution in [0.25, 0.3) is 0 Å². The number of benzene rings is 1. The molecule has 0 saturated carbocycles. The molecule has 2 N–H and O–H groups in total. The fourth-order valence-corrected chi connectivity index (χ4v) is 2.78. The number of halogens is 1. The zero-order valence-electron chi connectivity index (χ0n) is 10.2. The van der Waals surface area contributed by atoms with Crippen molar-refractivity contribution in [3.8, 4) is 0 Å². The summed E-state index contributed by atoms with van der Waals surface area (Å²) in [5.74, 6) is 0. The molecule has 0 amide bonds. The standard InChI is InChI=1S/C12H16IN3O2/c1-12(7-14)4-5-15(8-12)10-3-2-9(13)6-11(10)16(17)18/h2-3,6H,4-5,7-8,14H2,1H3. The zero-order valence-corrected chi connectivity index (χ0v) is 12.4. The zero-order chi connectivity index (χ0) is 13.3. The second-order valence-electron chi connectivity index (χ2n) is 5.08. The largest absolute Gasteiger partial charge is 0.365 e. The minimum Gasteiger partial charge on any atom is -0.365 e. The number of hydrogen-bond donors (Lipinski definition) is 1. The quantitative estimate of drug-likeness (QED) is 0.510. The minimum atomic E-state index is -0.310. The van der Waals surface area contributed by atoms with E-state index < -0.39 is 0 Å². The van der Waals surface area contributed by atoms with Gasteiger partial charge in [0.2, 0.25) is 0 Å². The number of nitrogens with two attached hydrogens (primary N) is 1. The molecular formula is C12H16IN3O2. The van der Waals surface area contributed by atoms with E-state index in [0.717, 1.165) is 23.1 Å². The van der Waals surface area contributed by atoms with Gasteiger partial charge in [-0.3, -0.25) is 10.1 Å². The molecule has 0 spiro atoms. The van der Waals surface area contributed by atoms with Gasteiger partial charge in [-0.1, -0.05) is 6.92 Å². The molecule has 1 fully saturated rings. The second-order valence-corrected chi connectivity index (χ2v) is 6.32. The molecule has 1 aromatic rings. The highest BCUT2D eigenvalue weighted by atomic mass is 127. The van der Waals surface area contributed by atoms with Gasteiger partial charge in [0.15, 0.2) is 0 Å². The topological polar surface area (TPSA) is 72.4 Å². The van der Waals surface area contributed by atoms with E-state index in [1.54, 1.807) is 6.07 Å². The molecule has 6 heteroatoms. The van der Waals surface area contributed by atoms with E-state index in [1.165, 1.54) is 0 Å². The SMILES string of the molecule is CC1(CN)CCN(c2ccc(I)cc2[N+](=O)[O-])C1. The summed E-state index contributed by atoms with van der Waals surface area (Å²) in [5.41, 5.74) is 6.72. The first-order valence-electron chi connectivity index (χ1n) is 5.84. The molecule has 1 aliphatic heterocycles. The number of rotatable bonds is 3. The van der Waals surface area contributed by atoms with Crippen molar-refractivity contribution in [2.45, 2.75) is 13.3 Å². The highest BCUT2D eigenvalue weighted by Crippen LogP contribution is 2.37. The van der Waals surface area contributed by atoms with Gasteiger partial charge in [-0.05, 0) is 53.1 Å². The number of nitro groups is 1. The van der Waals surface area contributed by atoms with Gasteiger partial charge in [-0.25, -0.2) is 0 Å². The maximum absolute atomic E-state index is 11.1. The lowest BCUT2D eigenvalue weighted by Gasteiger charge is -2.23. The van der Waals surface area contributed by atoms with Crippen LogP contribution in [0.2, 0.25) is 0 Å². The smallest absolute Gasteiger partial charge is 0.293 e. The first-order valence-corrected chi connectivity index (χ1v) is 6.92. The summed E-state index contributed by atoms with van der Waals surface area (Å²) < 4.78 is 0.879. The van der Waals surface area contributed by atoms with Crippen molar-refractivity contribution >= 4 is 34.0 Å². The van der Waals surface area contributed by atoms with Crippen LogP contribution in [0.15, 0.2) is 18.2 Å². The molecule has 1 saturated heterocycles. The van der Waals surface area contributed by atoms with Crippen molar-refractivity contribution in [1.82, 2.24) is 0 Å². The molecule has 1 unspecified atom stereocenters. The molecule has 1 heterocycles. The van der Waals surface area contributed by atoms with Gasteiger partial charge in [-0.15, -0.1) is 0 Å². The molecule has 1 aliphatic rings. The third-order valence-corrected chi connectivity index (χ3v) is 4.20. The van der Waals surface area contributed by atoms with Crippen LogP contribution < -0.4 is 10.6 Å². The van der Waals surface area contributed by atoms with Crippen molar-refractivity contribution in [3.63, 3.8) is 0 Å². The highest BCUT2D eigenvalue weighted by Gasteiger charge is 2.34. The van der Waals surface area contributed by atoms with E-state index in [0.29, 0.717) is 12.2 Å². The van der Waals surface area contributed by atoms with Crippen LogP contribution in [0.3, 0.4) is 0 Å². The van der Waals surface area contributed by atoms with E-state index in [2.05, 4.69) is 34.4 Å². The summed E-state index contributed by atoms with van der Waals surface area (Å²) in [6.45, 7) is 4.35. The van der Waals surface area contributed by atoms with Gasteiger partial charge < -0.3 is 10.6 Å². The lowest BCUT2D eigenvalue weighted by Crippen LogP contribution is -2.31. The van der Waals surface area contributed by atoms with Crippen LogP contribution in [0.4, 0.5) is 11.4 Å². The fourth-order valence-electron chi connectivity index (χ4n) is 2.31. The predicted molar refractivity (Wildman–Crippen MR) is 79.8 cm³/mol. The van der Waals surface area contributed by atoms with Gasteiger partial charge in [-0.2, -0.15) is 0 Å². The van der Waals surface area contributed by atoms with Crippen molar-refractivity contribution in [3.05, 3.63) is 31.9 Å².